The lowest BCUT2D eigenvalue weighted by Gasteiger charge is -2.38. The van der Waals surface area contributed by atoms with Gasteiger partial charge in [-0.25, -0.2) is 0 Å². The number of Topliss-reactive ketones (excluding diaryl/α,β-unsaturated/α-hetero) is 1. The summed E-state index contributed by atoms with van der Waals surface area (Å²) in [6.07, 6.45) is 1.53. The van der Waals surface area contributed by atoms with Crippen molar-refractivity contribution >= 4 is 56.5 Å². The predicted molar refractivity (Wildman–Crippen MR) is 145 cm³/mol. The van der Waals surface area contributed by atoms with Crippen molar-refractivity contribution in [3.05, 3.63) is 92.4 Å². The van der Waals surface area contributed by atoms with Crippen LogP contribution in [0, 0.1) is 12.8 Å². The average Bonchev–Trinajstić information content (AvgIpc) is 3.59. The second-order valence-electron chi connectivity index (χ2n) is 10.4. The summed E-state index contributed by atoms with van der Waals surface area (Å²) < 4.78 is 0.843. The van der Waals surface area contributed by atoms with Gasteiger partial charge in [0.2, 0.25) is 11.8 Å². The zero-order chi connectivity index (χ0) is 25.7. The molecule has 4 aliphatic rings. The van der Waals surface area contributed by atoms with E-state index in [1.165, 1.54) is 0 Å². The Bertz CT molecular complexity index is 1540. The monoisotopic (exact) mass is 575 g/mol. The number of hydrogen-bond donors (Lipinski definition) is 2. The molecule has 0 unspecified atom stereocenters. The van der Waals surface area contributed by atoms with Gasteiger partial charge >= 0.3 is 0 Å². The van der Waals surface area contributed by atoms with Crippen LogP contribution in [0.3, 0.4) is 0 Å². The fourth-order valence-electron chi connectivity index (χ4n) is 7.52. The van der Waals surface area contributed by atoms with Crippen LogP contribution in [0.4, 0.5) is 11.4 Å². The van der Waals surface area contributed by atoms with Gasteiger partial charge in [0.25, 0.3) is 0 Å². The van der Waals surface area contributed by atoms with Crippen LogP contribution < -0.4 is 10.6 Å². The Labute approximate surface area is 227 Å². The second kappa shape index (κ2) is 7.76. The molecule has 3 aromatic carbocycles. The molecule has 3 aromatic rings. The van der Waals surface area contributed by atoms with Crippen molar-refractivity contribution in [3.8, 4) is 0 Å². The van der Waals surface area contributed by atoms with Gasteiger partial charge in [0, 0.05) is 27.3 Å². The minimum Gasteiger partial charge on any atom is -0.325 e. The first kappa shape index (κ1) is 23.1. The fourth-order valence-corrected chi connectivity index (χ4v) is 8.10. The molecule has 0 saturated carbocycles. The Balaban J connectivity index is 1.60. The van der Waals surface area contributed by atoms with Crippen molar-refractivity contribution < 1.29 is 14.4 Å². The first-order valence-corrected chi connectivity index (χ1v) is 13.6. The van der Waals surface area contributed by atoms with Crippen molar-refractivity contribution in [1.29, 1.82) is 0 Å². The molecule has 2 N–H and O–H groups in total. The van der Waals surface area contributed by atoms with Crippen LogP contribution in [0.25, 0.3) is 0 Å². The molecule has 7 rings (SSSR count). The molecule has 8 heteroatoms. The van der Waals surface area contributed by atoms with E-state index < -0.39 is 16.9 Å². The Kier molecular flexibility index (Phi) is 4.85. The molecule has 0 aliphatic carbocycles. The number of carbonyl (C=O) groups excluding carboxylic acids is 3. The van der Waals surface area contributed by atoms with E-state index in [-0.39, 0.29) is 23.6 Å². The molecule has 37 heavy (non-hydrogen) atoms. The van der Waals surface area contributed by atoms with Crippen molar-refractivity contribution in [1.82, 2.24) is 4.90 Å². The van der Waals surface area contributed by atoms with Gasteiger partial charge in [-0.3, -0.25) is 19.3 Å². The average molecular weight is 577 g/mol. The zero-order valence-electron chi connectivity index (χ0n) is 20.0. The number of amides is 2. The number of ketones is 1. The minimum atomic E-state index is -1.37. The SMILES string of the molecule is Cc1cc(Cl)c2c(c1)[C@]1(C(=O)N2)[C@@H](C(=O)c2ccc(Br)cc2)[C@]2(C(=O)Nc3ccccc32)[C@H]2CCCN21. The Morgan fingerprint density at radius 3 is 2.57 bits per heavy atom. The highest BCUT2D eigenvalue weighted by atomic mass is 79.9. The fraction of sp³-hybridized carbons (Fsp3) is 0.276. The van der Waals surface area contributed by atoms with E-state index in [2.05, 4.69) is 31.5 Å². The molecule has 2 saturated heterocycles. The first-order chi connectivity index (χ1) is 17.8. The number of rotatable bonds is 2. The van der Waals surface area contributed by atoms with Gasteiger partial charge in [-0.15, -0.1) is 0 Å². The van der Waals surface area contributed by atoms with Crippen molar-refractivity contribution in [2.75, 3.05) is 17.2 Å². The molecule has 186 valence electrons. The molecular weight excluding hydrogens is 554 g/mol. The summed E-state index contributed by atoms with van der Waals surface area (Å²) in [4.78, 5) is 45.4. The number of anilines is 2. The van der Waals surface area contributed by atoms with Crippen molar-refractivity contribution in [2.24, 2.45) is 5.92 Å². The molecule has 4 heterocycles. The molecule has 6 nitrogen and oxygen atoms in total. The summed E-state index contributed by atoms with van der Waals surface area (Å²) in [5.41, 5.74) is 1.44. The van der Waals surface area contributed by atoms with Gasteiger partial charge in [0.15, 0.2) is 5.78 Å². The van der Waals surface area contributed by atoms with Crippen LogP contribution in [0.15, 0.2) is 65.1 Å². The number of halogens is 2. The normalized spacial score (nSPS) is 29.4. The number of nitrogens with one attached hydrogen (secondary N) is 2. The van der Waals surface area contributed by atoms with E-state index in [1.54, 1.807) is 12.1 Å². The molecule has 0 bridgehead atoms. The van der Waals surface area contributed by atoms with E-state index in [1.807, 2.05) is 55.5 Å². The molecule has 2 amide bonds. The highest BCUT2D eigenvalue weighted by Gasteiger charge is 2.78. The zero-order valence-corrected chi connectivity index (χ0v) is 22.3. The van der Waals surface area contributed by atoms with Gasteiger partial charge in [-0.2, -0.15) is 0 Å². The summed E-state index contributed by atoms with van der Waals surface area (Å²) >= 11 is 10.1. The topological polar surface area (TPSA) is 78.5 Å². The van der Waals surface area contributed by atoms with Crippen LogP contribution in [-0.4, -0.2) is 35.1 Å². The van der Waals surface area contributed by atoms with Gasteiger partial charge in [0.05, 0.1) is 16.6 Å². The van der Waals surface area contributed by atoms with Crippen molar-refractivity contribution in [3.63, 3.8) is 0 Å². The van der Waals surface area contributed by atoms with E-state index in [4.69, 9.17) is 11.6 Å². The summed E-state index contributed by atoms with van der Waals surface area (Å²) in [5.74, 6) is -1.74. The van der Waals surface area contributed by atoms with Gasteiger partial charge in [-0.1, -0.05) is 63.9 Å². The number of aryl methyl sites for hydroxylation is 1. The molecule has 4 atom stereocenters. The lowest BCUT2D eigenvalue weighted by molar-refractivity contribution is -0.128. The van der Waals surface area contributed by atoms with E-state index in [0.717, 1.165) is 22.0 Å². The van der Waals surface area contributed by atoms with Crippen molar-refractivity contribution in [2.45, 2.75) is 36.8 Å². The maximum Gasteiger partial charge on any atom is 0.250 e. The maximum absolute atomic E-state index is 14.8. The lowest BCUT2D eigenvalue weighted by atomic mass is 9.60. The van der Waals surface area contributed by atoms with E-state index in [9.17, 15) is 14.4 Å². The third-order valence-electron chi connectivity index (χ3n) is 8.72. The van der Waals surface area contributed by atoms with E-state index in [0.29, 0.717) is 40.5 Å². The number of para-hydroxylation sites is 1. The molecule has 0 aromatic heterocycles. The van der Waals surface area contributed by atoms with Gasteiger partial charge in [-0.05, 0) is 61.7 Å². The predicted octanol–water partition coefficient (Wildman–Crippen LogP) is 5.43. The highest BCUT2D eigenvalue weighted by molar-refractivity contribution is 9.10. The Morgan fingerprint density at radius 1 is 1.03 bits per heavy atom. The molecular formula is C29H23BrClN3O3. The van der Waals surface area contributed by atoms with Crippen LogP contribution in [0.2, 0.25) is 5.02 Å². The molecule has 4 aliphatic heterocycles. The summed E-state index contributed by atoms with van der Waals surface area (Å²) in [6.45, 7) is 2.53. The number of nitrogens with zero attached hydrogens (tertiary/aromatic N) is 1. The highest BCUT2D eigenvalue weighted by Crippen LogP contribution is 2.66. The van der Waals surface area contributed by atoms with Gasteiger partial charge in [0.1, 0.15) is 11.0 Å². The van der Waals surface area contributed by atoms with Crippen LogP contribution in [0.1, 0.15) is 39.9 Å². The first-order valence-electron chi connectivity index (χ1n) is 12.4. The Morgan fingerprint density at radius 2 is 1.78 bits per heavy atom. The van der Waals surface area contributed by atoms with Crippen LogP contribution in [0.5, 0.6) is 0 Å². The number of hydrogen-bond acceptors (Lipinski definition) is 4. The lowest BCUT2D eigenvalue weighted by Crippen LogP contribution is -2.55. The maximum atomic E-state index is 14.8. The summed E-state index contributed by atoms with van der Waals surface area (Å²) in [5, 5.41) is 6.53. The van der Waals surface area contributed by atoms with E-state index >= 15 is 0 Å². The molecule has 0 radical (unpaired) electrons. The smallest absolute Gasteiger partial charge is 0.250 e. The number of benzene rings is 3. The third kappa shape index (κ3) is 2.72. The molecule has 2 fully saturated rings. The van der Waals surface area contributed by atoms with Crippen LogP contribution >= 0.6 is 27.5 Å². The third-order valence-corrected chi connectivity index (χ3v) is 9.55. The summed E-state index contributed by atoms with van der Waals surface area (Å²) in [6, 6.07) is 18.2. The quantitative estimate of drug-likeness (QED) is 0.399. The van der Waals surface area contributed by atoms with Gasteiger partial charge < -0.3 is 10.6 Å². The number of carbonyl (C=O) groups is 3. The largest absolute Gasteiger partial charge is 0.325 e. The van der Waals surface area contributed by atoms with Crippen LogP contribution in [-0.2, 0) is 20.5 Å². The summed E-state index contributed by atoms with van der Waals surface area (Å²) in [7, 11) is 0. The second-order valence-corrected chi connectivity index (χ2v) is 11.7. The number of fused-ring (bicyclic) bond motifs is 7. The molecule has 2 spiro atoms. The Hall–Kier alpha value is -3.00. The standard InChI is InChI=1S/C29H23BrClN3O3/c1-15-13-19-23(20(31)14-15)33-27(37)29(19)25(24(35)16-8-10-17(30)11-9-16)28(22-7-4-12-34(22)29)18-5-2-3-6-21(18)32-26(28)36/h2-3,5-6,8-11,13-14,22,25H,4,7,12H2,1H3,(H,32,36)(H,33,37)/t22-,25+,28-,29-/m1/s1. The minimum absolute atomic E-state index is 0.224.